The molecule has 0 spiro atoms. The van der Waals surface area contributed by atoms with E-state index in [1.807, 2.05) is 12.1 Å². The molecule has 5 heteroatoms. The van der Waals surface area contributed by atoms with Gasteiger partial charge in [-0.3, -0.25) is 5.84 Å². The number of aryl methyl sites for hydroxylation is 1. The normalized spacial score (nSPS) is 13.4. The van der Waals surface area contributed by atoms with E-state index in [9.17, 15) is 0 Å². The monoisotopic (exact) mass is 259 g/mol. The van der Waals surface area contributed by atoms with Gasteiger partial charge in [-0.05, 0) is 30.9 Å². The number of nitrogens with one attached hydrogen (secondary N) is 1. The van der Waals surface area contributed by atoms with Crippen LogP contribution in [0.1, 0.15) is 17.7 Å². The number of benzene rings is 1. The van der Waals surface area contributed by atoms with Crippen LogP contribution in [0.3, 0.4) is 0 Å². The molecule has 0 fully saturated rings. The number of fused-ring (bicyclic) bond motifs is 2. The molecule has 1 aliphatic carbocycles. The first-order valence-electron chi connectivity index (χ1n) is 6.32. The third-order valence-electron chi connectivity index (χ3n) is 3.65. The van der Waals surface area contributed by atoms with Crippen molar-refractivity contribution in [2.24, 2.45) is 5.84 Å². The highest BCUT2D eigenvalue weighted by molar-refractivity contribution is 5.98. The molecular formula is C14H17N3O2. The summed E-state index contributed by atoms with van der Waals surface area (Å²) in [6.45, 7) is 0. The SMILES string of the molecule is COc1cc(OC)c2nc3c(c(NN)c2c1)CCC3. The average Bonchev–Trinajstić information content (AvgIpc) is 2.91. The highest BCUT2D eigenvalue weighted by Gasteiger charge is 2.21. The lowest BCUT2D eigenvalue weighted by Crippen LogP contribution is -2.11. The average molecular weight is 259 g/mol. The Balaban J connectivity index is 2.39. The van der Waals surface area contributed by atoms with Crippen LogP contribution in [0, 0.1) is 0 Å². The number of aromatic nitrogens is 1. The maximum absolute atomic E-state index is 5.71. The lowest BCUT2D eigenvalue weighted by atomic mass is 10.1. The van der Waals surface area contributed by atoms with Crippen LogP contribution in [0.2, 0.25) is 0 Å². The molecule has 0 unspecified atom stereocenters. The number of hydrazine groups is 1. The molecule has 3 rings (SSSR count). The Kier molecular flexibility index (Phi) is 2.91. The molecule has 3 N–H and O–H groups in total. The van der Waals surface area contributed by atoms with Crippen molar-refractivity contribution in [3.05, 3.63) is 23.4 Å². The third kappa shape index (κ3) is 1.77. The first-order valence-corrected chi connectivity index (χ1v) is 6.32. The van der Waals surface area contributed by atoms with E-state index in [0.29, 0.717) is 5.75 Å². The van der Waals surface area contributed by atoms with Crippen LogP contribution < -0.4 is 20.7 Å². The fourth-order valence-electron chi connectivity index (χ4n) is 2.74. The zero-order valence-electron chi connectivity index (χ0n) is 11.1. The summed E-state index contributed by atoms with van der Waals surface area (Å²) in [6.07, 6.45) is 3.12. The van der Waals surface area contributed by atoms with Crippen molar-refractivity contribution in [1.82, 2.24) is 4.98 Å². The summed E-state index contributed by atoms with van der Waals surface area (Å²) in [7, 11) is 3.27. The molecule has 0 saturated heterocycles. The molecular weight excluding hydrogens is 242 g/mol. The molecule has 1 aromatic heterocycles. The Morgan fingerprint density at radius 1 is 1.21 bits per heavy atom. The number of methoxy groups -OCH3 is 2. The Morgan fingerprint density at radius 2 is 2.05 bits per heavy atom. The van der Waals surface area contributed by atoms with E-state index in [1.165, 1.54) is 5.56 Å². The van der Waals surface area contributed by atoms with Gasteiger partial charge in [0.2, 0.25) is 0 Å². The van der Waals surface area contributed by atoms with Crippen LogP contribution in [0.5, 0.6) is 11.5 Å². The largest absolute Gasteiger partial charge is 0.497 e. The summed E-state index contributed by atoms with van der Waals surface area (Å²) in [4.78, 5) is 4.73. The van der Waals surface area contributed by atoms with Gasteiger partial charge in [-0.15, -0.1) is 0 Å². The van der Waals surface area contributed by atoms with E-state index in [-0.39, 0.29) is 0 Å². The van der Waals surface area contributed by atoms with Crippen molar-refractivity contribution >= 4 is 16.6 Å². The summed E-state index contributed by atoms with van der Waals surface area (Å²) in [5.74, 6) is 7.16. The minimum absolute atomic E-state index is 0.709. The Labute approximate surface area is 111 Å². The summed E-state index contributed by atoms with van der Waals surface area (Å²) >= 11 is 0. The van der Waals surface area contributed by atoms with E-state index >= 15 is 0 Å². The second-order valence-corrected chi connectivity index (χ2v) is 4.64. The van der Waals surface area contributed by atoms with Crippen LogP contribution >= 0.6 is 0 Å². The molecule has 1 aliphatic rings. The van der Waals surface area contributed by atoms with Crippen molar-refractivity contribution in [3.8, 4) is 11.5 Å². The standard InChI is InChI=1S/C14H17N3O2/c1-18-8-6-10-13(17-15)9-4-3-5-11(9)16-14(10)12(7-8)19-2/h6-7H,3-5,15H2,1-2H3,(H,16,17). The first kappa shape index (κ1) is 12.0. The number of ether oxygens (including phenoxy) is 2. The first-order chi connectivity index (χ1) is 9.28. The van der Waals surface area contributed by atoms with Gasteiger partial charge in [0.05, 0.1) is 19.9 Å². The Morgan fingerprint density at radius 3 is 2.74 bits per heavy atom. The molecule has 2 aromatic rings. The second kappa shape index (κ2) is 4.59. The predicted molar refractivity (Wildman–Crippen MR) is 74.7 cm³/mol. The summed E-state index contributed by atoms with van der Waals surface area (Å²) in [6, 6.07) is 3.79. The fraction of sp³-hybridized carbons (Fsp3) is 0.357. The van der Waals surface area contributed by atoms with Crippen LogP contribution in [-0.2, 0) is 12.8 Å². The molecule has 1 heterocycles. The molecule has 100 valence electrons. The molecule has 5 nitrogen and oxygen atoms in total. The van der Waals surface area contributed by atoms with Gasteiger partial charge in [-0.1, -0.05) is 0 Å². The minimum atomic E-state index is 0.709. The number of nitrogen functional groups attached to an aromatic ring is 1. The number of pyridine rings is 1. The fourth-order valence-corrected chi connectivity index (χ4v) is 2.74. The number of hydrogen-bond donors (Lipinski definition) is 2. The highest BCUT2D eigenvalue weighted by Crippen LogP contribution is 2.39. The van der Waals surface area contributed by atoms with Gasteiger partial charge in [-0.2, -0.15) is 0 Å². The van der Waals surface area contributed by atoms with Crippen molar-refractivity contribution in [2.45, 2.75) is 19.3 Å². The molecule has 0 amide bonds. The number of anilines is 1. The number of hydrogen-bond acceptors (Lipinski definition) is 5. The molecule has 0 saturated carbocycles. The van der Waals surface area contributed by atoms with Crippen LogP contribution in [-0.4, -0.2) is 19.2 Å². The zero-order chi connectivity index (χ0) is 13.4. The predicted octanol–water partition coefficient (Wildman–Crippen LogP) is 2.03. The summed E-state index contributed by atoms with van der Waals surface area (Å²) in [5, 5.41) is 0.944. The Bertz CT molecular complexity index is 640. The van der Waals surface area contributed by atoms with Crippen molar-refractivity contribution in [2.75, 3.05) is 19.6 Å². The van der Waals surface area contributed by atoms with Gasteiger partial charge in [-0.25, -0.2) is 4.98 Å². The highest BCUT2D eigenvalue weighted by atomic mass is 16.5. The van der Waals surface area contributed by atoms with Crippen LogP contribution in [0.15, 0.2) is 12.1 Å². The zero-order valence-corrected chi connectivity index (χ0v) is 11.1. The van der Waals surface area contributed by atoms with Gasteiger partial charge in [0, 0.05) is 17.1 Å². The smallest absolute Gasteiger partial charge is 0.148 e. The quantitative estimate of drug-likeness (QED) is 0.652. The van der Waals surface area contributed by atoms with E-state index < -0.39 is 0 Å². The van der Waals surface area contributed by atoms with E-state index in [4.69, 9.17) is 20.3 Å². The van der Waals surface area contributed by atoms with E-state index in [0.717, 1.165) is 47.3 Å². The number of nitrogens with zero attached hydrogens (tertiary/aromatic N) is 1. The third-order valence-corrected chi connectivity index (χ3v) is 3.65. The molecule has 0 aliphatic heterocycles. The maximum atomic E-state index is 5.71. The van der Waals surface area contributed by atoms with Gasteiger partial charge in [0.1, 0.15) is 17.0 Å². The van der Waals surface area contributed by atoms with Crippen molar-refractivity contribution < 1.29 is 9.47 Å². The topological polar surface area (TPSA) is 69.4 Å². The number of nitrogens with two attached hydrogens (primary N) is 1. The summed E-state index contributed by atoms with van der Waals surface area (Å²) in [5.41, 5.74) is 6.92. The van der Waals surface area contributed by atoms with Gasteiger partial charge < -0.3 is 14.9 Å². The summed E-state index contributed by atoms with van der Waals surface area (Å²) < 4.78 is 10.7. The van der Waals surface area contributed by atoms with Gasteiger partial charge in [0.15, 0.2) is 0 Å². The Hall–Kier alpha value is -2.01. The second-order valence-electron chi connectivity index (χ2n) is 4.64. The lowest BCUT2D eigenvalue weighted by Gasteiger charge is -2.14. The molecule has 0 atom stereocenters. The van der Waals surface area contributed by atoms with Gasteiger partial charge in [0.25, 0.3) is 0 Å². The van der Waals surface area contributed by atoms with Crippen LogP contribution in [0.25, 0.3) is 10.9 Å². The molecule has 0 radical (unpaired) electrons. The van der Waals surface area contributed by atoms with E-state index in [2.05, 4.69) is 5.43 Å². The maximum Gasteiger partial charge on any atom is 0.148 e. The molecule has 1 aromatic carbocycles. The minimum Gasteiger partial charge on any atom is -0.497 e. The van der Waals surface area contributed by atoms with Crippen molar-refractivity contribution in [3.63, 3.8) is 0 Å². The number of rotatable bonds is 3. The lowest BCUT2D eigenvalue weighted by molar-refractivity contribution is 0.397. The van der Waals surface area contributed by atoms with Crippen LogP contribution in [0.4, 0.5) is 5.69 Å². The van der Waals surface area contributed by atoms with Gasteiger partial charge >= 0.3 is 0 Å². The molecule has 19 heavy (non-hydrogen) atoms. The van der Waals surface area contributed by atoms with E-state index in [1.54, 1.807) is 14.2 Å². The molecule has 0 bridgehead atoms. The van der Waals surface area contributed by atoms with Crippen molar-refractivity contribution in [1.29, 1.82) is 0 Å².